The quantitative estimate of drug-likeness (QED) is 0.414. The summed E-state index contributed by atoms with van der Waals surface area (Å²) >= 11 is 0. The molecule has 0 radical (unpaired) electrons. The molecule has 0 saturated carbocycles. The van der Waals surface area contributed by atoms with Crippen molar-refractivity contribution in [1.29, 1.82) is 5.26 Å². The zero-order valence-electron chi connectivity index (χ0n) is 18.8. The number of carbonyl (C=O) groups excluding carboxylic acids is 1. The molecule has 182 valence electrons. The molecular formula is C24H20N6O6. The molecule has 0 unspecified atom stereocenters. The molecule has 12 heteroatoms. The topological polar surface area (TPSA) is 170 Å². The number of fused-ring (bicyclic) bond motifs is 1. The van der Waals surface area contributed by atoms with Crippen LogP contribution in [-0.2, 0) is 4.74 Å². The molecule has 0 bridgehead atoms. The summed E-state index contributed by atoms with van der Waals surface area (Å²) < 4.78 is 16.4. The summed E-state index contributed by atoms with van der Waals surface area (Å²) in [5.74, 6) is -0.404. The lowest BCUT2D eigenvalue weighted by Gasteiger charge is -2.26. The molecule has 0 spiro atoms. The Bertz CT molecular complexity index is 1420. The van der Waals surface area contributed by atoms with Gasteiger partial charge in [0.05, 0.1) is 35.3 Å². The second kappa shape index (κ2) is 9.40. The first kappa shape index (κ1) is 22.9. The largest absolute Gasteiger partial charge is 0.420 e. The van der Waals surface area contributed by atoms with E-state index < -0.39 is 16.9 Å². The number of nitriles is 1. The highest BCUT2D eigenvalue weighted by molar-refractivity contribution is 5.73. The third-order valence-corrected chi connectivity index (χ3v) is 5.95. The lowest BCUT2D eigenvalue weighted by atomic mass is 9.83. The van der Waals surface area contributed by atoms with Gasteiger partial charge in [0.2, 0.25) is 11.8 Å². The summed E-state index contributed by atoms with van der Waals surface area (Å²) in [6, 6.07) is 14.9. The predicted molar refractivity (Wildman–Crippen MR) is 125 cm³/mol. The van der Waals surface area contributed by atoms with Gasteiger partial charge in [-0.2, -0.15) is 5.26 Å². The number of morpholine rings is 1. The maximum Gasteiger partial charge on any atom is 0.415 e. The number of rotatable bonds is 4. The maximum atomic E-state index is 12.6. The fraction of sp³-hybridized carbons (Fsp3) is 0.208. The lowest BCUT2D eigenvalue weighted by Crippen LogP contribution is -2.42. The molecular weight excluding hydrogens is 468 g/mol. The van der Waals surface area contributed by atoms with Crippen LogP contribution < -0.4 is 15.2 Å². The van der Waals surface area contributed by atoms with E-state index in [4.69, 9.17) is 19.9 Å². The molecule has 5 rings (SSSR count). The number of nitrogens with one attached hydrogen (secondary N) is 1. The highest BCUT2D eigenvalue weighted by Gasteiger charge is 2.36. The van der Waals surface area contributed by atoms with Gasteiger partial charge in [0.25, 0.3) is 5.69 Å². The molecule has 3 N–H and O–H groups in total. The average molecular weight is 488 g/mol. The molecule has 2 aliphatic rings. The standard InChI is InChI=1S/C24H20N6O6/c25-13-18-19(14-3-2-6-17(12-14)35-24(31)29-7-9-34-10-8-29)20-21(27-28-23(20)36-22(18)26)15-4-1-5-16(11-15)30(32)33/h1-6,11-12,19H,7-10,26H2,(H,27,28)/t19-/m0/s1. The summed E-state index contributed by atoms with van der Waals surface area (Å²) in [6.07, 6.45) is -0.501. The Morgan fingerprint density at radius 3 is 2.78 bits per heavy atom. The monoisotopic (exact) mass is 488 g/mol. The van der Waals surface area contributed by atoms with Crippen molar-refractivity contribution < 1.29 is 23.9 Å². The highest BCUT2D eigenvalue weighted by Crippen LogP contribution is 2.46. The minimum Gasteiger partial charge on any atom is -0.420 e. The van der Waals surface area contributed by atoms with Gasteiger partial charge in [0, 0.05) is 30.8 Å². The van der Waals surface area contributed by atoms with Crippen LogP contribution in [0.1, 0.15) is 17.0 Å². The number of hydrogen-bond donors (Lipinski definition) is 2. The van der Waals surface area contributed by atoms with Crippen molar-refractivity contribution in [3.8, 4) is 29.0 Å². The fourth-order valence-electron chi connectivity index (χ4n) is 4.24. The number of nitrogens with two attached hydrogens (primary N) is 1. The van der Waals surface area contributed by atoms with Gasteiger partial charge < -0.3 is 24.8 Å². The minimum atomic E-state index is -0.728. The van der Waals surface area contributed by atoms with Crippen LogP contribution in [0.15, 0.2) is 60.0 Å². The molecule has 3 heterocycles. The summed E-state index contributed by atoms with van der Waals surface area (Å²) in [6.45, 7) is 1.75. The molecule has 12 nitrogen and oxygen atoms in total. The number of benzene rings is 2. The molecule has 36 heavy (non-hydrogen) atoms. The van der Waals surface area contributed by atoms with E-state index in [1.165, 1.54) is 12.1 Å². The minimum absolute atomic E-state index is 0.100. The summed E-state index contributed by atoms with van der Waals surface area (Å²) in [4.78, 5) is 25.0. The van der Waals surface area contributed by atoms with E-state index in [1.807, 2.05) is 0 Å². The number of H-pyrrole nitrogens is 1. The third kappa shape index (κ3) is 4.19. The number of allylic oxidation sites excluding steroid dienone is 1. The van der Waals surface area contributed by atoms with Crippen LogP contribution in [0.25, 0.3) is 11.3 Å². The molecule has 3 aromatic rings. The Morgan fingerprint density at radius 2 is 2.03 bits per heavy atom. The van der Waals surface area contributed by atoms with Crippen LogP contribution in [0.5, 0.6) is 11.6 Å². The lowest BCUT2D eigenvalue weighted by molar-refractivity contribution is -0.384. The van der Waals surface area contributed by atoms with Crippen LogP contribution in [0.2, 0.25) is 0 Å². The van der Waals surface area contributed by atoms with Crippen molar-refractivity contribution in [1.82, 2.24) is 15.1 Å². The number of non-ortho nitro benzene ring substituents is 1. The van der Waals surface area contributed by atoms with E-state index in [2.05, 4.69) is 16.3 Å². The predicted octanol–water partition coefficient (Wildman–Crippen LogP) is 3.03. The first-order chi connectivity index (χ1) is 17.5. The van der Waals surface area contributed by atoms with Gasteiger partial charge in [-0.1, -0.05) is 24.3 Å². The van der Waals surface area contributed by atoms with Crippen molar-refractivity contribution in [2.24, 2.45) is 5.73 Å². The first-order valence-corrected chi connectivity index (χ1v) is 11.0. The smallest absolute Gasteiger partial charge is 0.415 e. The number of nitrogens with zero attached hydrogens (tertiary/aromatic N) is 4. The van der Waals surface area contributed by atoms with Gasteiger partial charge in [0.15, 0.2) is 0 Å². The van der Waals surface area contributed by atoms with Gasteiger partial charge in [-0.05, 0) is 17.7 Å². The average Bonchev–Trinajstić information content (AvgIpc) is 3.31. The van der Waals surface area contributed by atoms with E-state index in [0.717, 1.165) is 0 Å². The number of hydrogen-bond acceptors (Lipinski definition) is 9. The number of aromatic amines is 1. The molecule has 1 atom stereocenters. The van der Waals surface area contributed by atoms with E-state index in [1.54, 1.807) is 41.3 Å². The van der Waals surface area contributed by atoms with Crippen molar-refractivity contribution >= 4 is 11.8 Å². The second-order valence-corrected chi connectivity index (χ2v) is 8.09. The second-order valence-electron chi connectivity index (χ2n) is 8.09. The van der Waals surface area contributed by atoms with Crippen LogP contribution in [-0.4, -0.2) is 52.4 Å². The molecule has 0 aliphatic carbocycles. The Kier molecular flexibility index (Phi) is 5.97. The highest BCUT2D eigenvalue weighted by atomic mass is 16.6. The maximum absolute atomic E-state index is 12.6. The van der Waals surface area contributed by atoms with Crippen LogP contribution in [0, 0.1) is 21.4 Å². The normalized spacial score (nSPS) is 17.1. The van der Waals surface area contributed by atoms with Crippen LogP contribution >= 0.6 is 0 Å². The number of carbonyl (C=O) groups is 1. The van der Waals surface area contributed by atoms with Crippen molar-refractivity contribution in [2.45, 2.75) is 5.92 Å². The Balaban J connectivity index is 1.55. The van der Waals surface area contributed by atoms with Crippen molar-refractivity contribution in [3.05, 3.63) is 81.2 Å². The summed E-state index contributed by atoms with van der Waals surface area (Å²) in [7, 11) is 0. The van der Waals surface area contributed by atoms with E-state index in [9.17, 15) is 20.2 Å². The van der Waals surface area contributed by atoms with E-state index >= 15 is 0 Å². The zero-order chi connectivity index (χ0) is 25.2. The van der Waals surface area contributed by atoms with Gasteiger partial charge in [-0.25, -0.2) is 4.79 Å². The summed E-state index contributed by atoms with van der Waals surface area (Å²) in [5.41, 5.74) is 8.09. The van der Waals surface area contributed by atoms with E-state index in [0.29, 0.717) is 48.7 Å². The van der Waals surface area contributed by atoms with Crippen molar-refractivity contribution in [3.63, 3.8) is 0 Å². The van der Waals surface area contributed by atoms with Crippen LogP contribution in [0.3, 0.4) is 0 Å². The first-order valence-electron chi connectivity index (χ1n) is 11.0. The Morgan fingerprint density at radius 1 is 1.25 bits per heavy atom. The van der Waals surface area contributed by atoms with Gasteiger partial charge in [-0.3, -0.25) is 15.2 Å². The van der Waals surface area contributed by atoms with Crippen LogP contribution in [0.4, 0.5) is 10.5 Å². The fourth-order valence-corrected chi connectivity index (χ4v) is 4.24. The SMILES string of the molecule is N#CC1=C(N)Oc2n[nH]c(-c3cccc([N+](=O)[O-])c3)c2[C@H]1c1cccc(OC(=O)N2CCOCC2)c1. The van der Waals surface area contributed by atoms with Crippen molar-refractivity contribution in [2.75, 3.05) is 26.3 Å². The number of nitro benzene ring substituents is 1. The Labute approximate surface area is 204 Å². The van der Waals surface area contributed by atoms with E-state index in [-0.39, 0.29) is 28.8 Å². The molecule has 1 saturated heterocycles. The van der Waals surface area contributed by atoms with Gasteiger partial charge >= 0.3 is 6.09 Å². The summed E-state index contributed by atoms with van der Waals surface area (Å²) in [5, 5.41) is 28.3. The number of aromatic nitrogens is 2. The van der Waals surface area contributed by atoms with Gasteiger partial charge in [0.1, 0.15) is 17.4 Å². The molecule has 1 fully saturated rings. The molecule has 2 aromatic carbocycles. The number of amides is 1. The molecule has 2 aliphatic heterocycles. The van der Waals surface area contributed by atoms with Gasteiger partial charge in [-0.15, -0.1) is 5.10 Å². The number of nitro groups is 1. The third-order valence-electron chi connectivity index (χ3n) is 5.95. The molecule has 1 amide bonds. The zero-order valence-corrected chi connectivity index (χ0v) is 18.8. The Hall–Kier alpha value is -4.89. The molecule has 1 aromatic heterocycles. The number of ether oxygens (including phenoxy) is 3.